The van der Waals surface area contributed by atoms with Gasteiger partial charge in [0.1, 0.15) is 0 Å². The lowest BCUT2D eigenvalue weighted by atomic mass is 10.1. The van der Waals surface area contributed by atoms with Gasteiger partial charge in [-0.3, -0.25) is 0 Å². The van der Waals surface area contributed by atoms with E-state index in [1.54, 1.807) is 25.1 Å². The summed E-state index contributed by atoms with van der Waals surface area (Å²) in [6, 6.07) is 11.4. The van der Waals surface area contributed by atoms with Crippen LogP contribution in [0.4, 0.5) is 0 Å². The van der Waals surface area contributed by atoms with Gasteiger partial charge in [-0.05, 0) is 52.8 Å². The second-order valence-corrected chi connectivity index (χ2v) is 13.8. The molecular formula is C22H22S2Si. The number of allylic oxidation sites excluding steroid dienone is 2. The molecule has 3 heteroatoms. The Morgan fingerprint density at radius 1 is 1.12 bits per heavy atom. The lowest BCUT2D eigenvalue weighted by molar-refractivity contribution is 1.27. The summed E-state index contributed by atoms with van der Waals surface area (Å²) in [6.45, 7) is 9.61. The van der Waals surface area contributed by atoms with Crippen LogP contribution in [0.15, 0.2) is 47.4 Å². The molecule has 25 heavy (non-hydrogen) atoms. The summed E-state index contributed by atoms with van der Waals surface area (Å²) in [6.07, 6.45) is 7.29. The zero-order chi connectivity index (χ0) is 17.3. The summed E-state index contributed by atoms with van der Waals surface area (Å²) in [4.78, 5) is 4.72. The van der Waals surface area contributed by atoms with Crippen molar-refractivity contribution in [1.29, 1.82) is 0 Å². The third-order valence-electron chi connectivity index (χ3n) is 5.38. The summed E-state index contributed by atoms with van der Waals surface area (Å²) in [5.74, 6) is 0. The number of aryl methyl sites for hydroxylation is 1. The van der Waals surface area contributed by atoms with E-state index in [-0.39, 0.29) is 10.5 Å². The van der Waals surface area contributed by atoms with Gasteiger partial charge in [0.05, 0.1) is 8.80 Å². The van der Waals surface area contributed by atoms with Crippen LogP contribution in [0.2, 0.25) is 13.1 Å². The Balaban J connectivity index is 1.82. The molecule has 126 valence electrons. The lowest BCUT2D eigenvalue weighted by Gasteiger charge is -2.21. The molecule has 0 spiro atoms. The highest BCUT2D eigenvalue weighted by Crippen LogP contribution is 2.53. The molecule has 3 aliphatic rings. The molecule has 0 bridgehead atoms. The topological polar surface area (TPSA) is 0 Å². The van der Waals surface area contributed by atoms with Gasteiger partial charge in [0.2, 0.25) is 0 Å². The van der Waals surface area contributed by atoms with Crippen LogP contribution in [0.3, 0.4) is 0 Å². The quantitative estimate of drug-likeness (QED) is 0.532. The van der Waals surface area contributed by atoms with Gasteiger partial charge in [0, 0.05) is 24.7 Å². The van der Waals surface area contributed by atoms with Gasteiger partial charge < -0.3 is 0 Å². The van der Waals surface area contributed by atoms with E-state index in [1.165, 1.54) is 21.2 Å². The average molecular weight is 379 g/mol. The Labute approximate surface area is 157 Å². The van der Waals surface area contributed by atoms with Crippen LogP contribution >= 0.6 is 21.8 Å². The molecule has 2 atom stereocenters. The fourth-order valence-corrected chi connectivity index (χ4v) is 11.4. The molecule has 0 N–H and O–H groups in total. The van der Waals surface area contributed by atoms with Gasteiger partial charge in [0.25, 0.3) is 0 Å². The molecule has 0 amide bonds. The Morgan fingerprint density at radius 2 is 1.92 bits per heavy atom. The van der Waals surface area contributed by atoms with E-state index in [4.69, 9.17) is 0 Å². The summed E-state index contributed by atoms with van der Waals surface area (Å²) in [5.41, 5.74) is 4.48. The first-order chi connectivity index (χ1) is 12.1. The minimum Gasteiger partial charge on any atom is -0.141 e. The molecule has 0 fully saturated rings. The predicted molar refractivity (Wildman–Crippen MR) is 119 cm³/mol. The summed E-state index contributed by atoms with van der Waals surface area (Å²) >= 11 is 2.01. The van der Waals surface area contributed by atoms with Gasteiger partial charge in [-0.25, -0.2) is 0 Å². The van der Waals surface area contributed by atoms with Crippen molar-refractivity contribution in [3.05, 3.63) is 73.1 Å². The van der Waals surface area contributed by atoms with Crippen LogP contribution in [0.25, 0.3) is 16.8 Å². The maximum Gasteiger partial charge on any atom is 0.0681 e. The van der Waals surface area contributed by atoms with E-state index in [0.717, 1.165) is 0 Å². The SMILES string of the molecule is CC1=CC2=c3cc(C)sc3=C([SiH](C)C)C2=S1C1C=Cc2ccccc21. The van der Waals surface area contributed by atoms with Gasteiger partial charge in [-0.15, -0.1) is 21.8 Å². The Bertz CT molecular complexity index is 1140. The van der Waals surface area contributed by atoms with Gasteiger partial charge in [-0.1, -0.05) is 49.5 Å². The molecule has 0 radical (unpaired) electrons. The van der Waals surface area contributed by atoms with Crippen LogP contribution in [-0.2, 0) is 0 Å². The van der Waals surface area contributed by atoms with Crippen molar-refractivity contribution >= 4 is 52.3 Å². The molecule has 2 unspecified atom stereocenters. The van der Waals surface area contributed by atoms with Crippen LogP contribution in [0, 0.1) is 6.92 Å². The van der Waals surface area contributed by atoms with E-state index in [9.17, 15) is 0 Å². The highest BCUT2D eigenvalue weighted by molar-refractivity contribution is 8.21. The molecule has 1 aromatic heterocycles. The van der Waals surface area contributed by atoms with Crippen molar-refractivity contribution in [3.63, 3.8) is 0 Å². The second-order valence-electron chi connectivity index (χ2n) is 7.41. The second kappa shape index (κ2) is 5.54. The molecule has 2 aliphatic carbocycles. The zero-order valence-electron chi connectivity index (χ0n) is 15.1. The standard InChI is InChI=1S/C22H22S2Si/c1-13-11-17-18-12-14(2)24(21(18)22(25(3)4)20(17)23-13)19-10-9-15-7-5-6-8-16(15)19/h5-12,19,25H,1-4H3. The third kappa shape index (κ3) is 2.16. The highest BCUT2D eigenvalue weighted by atomic mass is 32.2. The number of thiophene rings is 1. The molecule has 0 saturated carbocycles. The Hall–Kier alpha value is -1.42. The number of hydrogen-bond acceptors (Lipinski definition) is 1. The molecule has 0 saturated heterocycles. The smallest absolute Gasteiger partial charge is 0.0681 e. The normalized spacial score (nSPS) is 23.4. The van der Waals surface area contributed by atoms with E-state index in [2.05, 4.69) is 75.5 Å². The summed E-state index contributed by atoms with van der Waals surface area (Å²) in [7, 11) is -0.715. The van der Waals surface area contributed by atoms with Crippen LogP contribution < -0.4 is 9.75 Å². The summed E-state index contributed by atoms with van der Waals surface area (Å²) < 4.78 is 1.60. The minimum absolute atomic E-state index is 0.182. The average Bonchev–Trinajstić information content (AvgIpc) is 3.28. The lowest BCUT2D eigenvalue weighted by Crippen LogP contribution is -2.22. The maximum absolute atomic E-state index is 2.50. The molecule has 0 nitrogen and oxygen atoms in total. The molecule has 5 rings (SSSR count). The van der Waals surface area contributed by atoms with Crippen molar-refractivity contribution in [2.75, 3.05) is 0 Å². The predicted octanol–water partition coefficient (Wildman–Crippen LogP) is 4.52. The largest absolute Gasteiger partial charge is 0.141 e. The highest BCUT2D eigenvalue weighted by Gasteiger charge is 2.34. The number of rotatable bonds is 2. The van der Waals surface area contributed by atoms with E-state index >= 15 is 0 Å². The van der Waals surface area contributed by atoms with Crippen molar-refractivity contribution in [2.45, 2.75) is 32.2 Å². The van der Waals surface area contributed by atoms with Crippen molar-refractivity contribution in [1.82, 2.24) is 0 Å². The van der Waals surface area contributed by atoms with Crippen molar-refractivity contribution in [3.8, 4) is 0 Å². The molecule has 1 aromatic carbocycles. The maximum atomic E-state index is 2.50. The first-order valence-corrected chi connectivity index (χ1v) is 14.0. The Morgan fingerprint density at radius 3 is 2.72 bits per heavy atom. The van der Waals surface area contributed by atoms with Crippen LogP contribution in [0.5, 0.6) is 0 Å². The van der Waals surface area contributed by atoms with Crippen molar-refractivity contribution < 1.29 is 0 Å². The number of hydrogen-bond donors (Lipinski definition) is 0. The fourth-order valence-electron chi connectivity index (χ4n) is 4.37. The van der Waals surface area contributed by atoms with Gasteiger partial charge >= 0.3 is 0 Å². The van der Waals surface area contributed by atoms with Crippen molar-refractivity contribution in [2.24, 2.45) is 0 Å². The number of fused-ring (bicyclic) bond motifs is 3. The van der Waals surface area contributed by atoms with Gasteiger partial charge in [0.15, 0.2) is 0 Å². The zero-order valence-corrected chi connectivity index (χ0v) is 17.9. The van der Waals surface area contributed by atoms with E-state index < -0.39 is 8.80 Å². The molecular weight excluding hydrogens is 356 g/mol. The molecule has 1 aliphatic heterocycles. The number of benzene rings is 1. The van der Waals surface area contributed by atoms with E-state index in [1.807, 2.05) is 11.3 Å². The fraction of sp³-hybridized carbons (Fsp3) is 0.227. The minimum atomic E-state index is -0.897. The third-order valence-corrected chi connectivity index (χ3v) is 11.2. The first-order valence-electron chi connectivity index (χ1n) is 8.97. The first kappa shape index (κ1) is 15.8. The summed E-state index contributed by atoms with van der Waals surface area (Å²) in [5, 5.41) is 3.80. The van der Waals surface area contributed by atoms with E-state index in [0.29, 0.717) is 5.25 Å². The monoisotopic (exact) mass is 378 g/mol. The molecule has 2 heterocycles. The Kier molecular flexibility index (Phi) is 3.50. The van der Waals surface area contributed by atoms with Crippen LogP contribution in [-0.4, -0.2) is 13.7 Å². The van der Waals surface area contributed by atoms with Crippen LogP contribution in [0.1, 0.15) is 28.2 Å². The molecule has 2 aromatic rings. The van der Waals surface area contributed by atoms with Gasteiger partial charge in [-0.2, -0.15) is 0 Å².